The van der Waals surface area contributed by atoms with Crippen LogP contribution in [0.4, 0.5) is 0 Å². The standard InChI is InChI=1S/C26H32ClN3O5/c1-20-14-28-30(15-20)9-11-34-25-12-21(6-7-24(25)32-2)16-29-8-10-33-18-26(31,17-29)19-35-23-5-3-4-22(27)13-23/h3-7,12-15,31H,8-11,16-19H2,1-2H3/t26-/m0/s1. The van der Waals surface area contributed by atoms with Crippen LogP contribution in [-0.2, 0) is 17.8 Å². The molecule has 1 fully saturated rings. The topological polar surface area (TPSA) is 78.2 Å². The summed E-state index contributed by atoms with van der Waals surface area (Å²) in [7, 11) is 1.63. The number of hydrogen-bond donors (Lipinski definition) is 1. The summed E-state index contributed by atoms with van der Waals surface area (Å²) in [5.41, 5.74) is 1.02. The van der Waals surface area contributed by atoms with Crippen LogP contribution in [0.15, 0.2) is 54.9 Å². The van der Waals surface area contributed by atoms with E-state index in [0.29, 0.717) is 61.7 Å². The van der Waals surface area contributed by atoms with Gasteiger partial charge in [0, 0.05) is 30.9 Å². The van der Waals surface area contributed by atoms with Gasteiger partial charge >= 0.3 is 0 Å². The molecule has 1 saturated heterocycles. The van der Waals surface area contributed by atoms with Gasteiger partial charge in [-0.15, -0.1) is 0 Å². The van der Waals surface area contributed by atoms with Crippen LogP contribution in [0, 0.1) is 6.92 Å². The number of rotatable bonds is 10. The Morgan fingerprint density at radius 3 is 2.83 bits per heavy atom. The van der Waals surface area contributed by atoms with E-state index in [2.05, 4.69) is 10.00 Å². The maximum Gasteiger partial charge on any atom is 0.161 e. The van der Waals surface area contributed by atoms with Crippen molar-refractivity contribution < 1.29 is 24.1 Å². The van der Waals surface area contributed by atoms with Gasteiger partial charge in [0.1, 0.15) is 24.6 Å². The molecule has 0 bridgehead atoms. The first-order chi connectivity index (χ1) is 16.9. The Morgan fingerprint density at radius 1 is 1.17 bits per heavy atom. The van der Waals surface area contributed by atoms with Gasteiger partial charge in [-0.2, -0.15) is 5.10 Å². The van der Waals surface area contributed by atoms with Crippen molar-refractivity contribution in [2.45, 2.75) is 25.6 Å². The van der Waals surface area contributed by atoms with Crippen molar-refractivity contribution in [2.75, 3.05) is 46.6 Å². The molecule has 188 valence electrons. The maximum absolute atomic E-state index is 11.2. The molecule has 0 aliphatic carbocycles. The number of halogens is 1. The van der Waals surface area contributed by atoms with Crippen molar-refractivity contribution in [1.29, 1.82) is 0 Å². The molecule has 8 nitrogen and oxygen atoms in total. The molecule has 0 saturated carbocycles. The van der Waals surface area contributed by atoms with Crippen LogP contribution in [0.1, 0.15) is 11.1 Å². The van der Waals surface area contributed by atoms with E-state index in [-0.39, 0.29) is 13.2 Å². The first kappa shape index (κ1) is 25.3. The minimum Gasteiger partial charge on any atom is -0.493 e. The molecule has 0 unspecified atom stereocenters. The summed E-state index contributed by atoms with van der Waals surface area (Å²) >= 11 is 6.04. The molecule has 4 rings (SSSR count). The quantitative estimate of drug-likeness (QED) is 0.455. The fourth-order valence-electron chi connectivity index (χ4n) is 4.02. The van der Waals surface area contributed by atoms with E-state index in [1.165, 1.54) is 0 Å². The number of aryl methyl sites for hydroxylation is 1. The minimum atomic E-state index is -1.15. The lowest BCUT2D eigenvalue weighted by Crippen LogP contribution is -2.48. The summed E-state index contributed by atoms with van der Waals surface area (Å²) in [6.07, 6.45) is 3.81. The highest BCUT2D eigenvalue weighted by atomic mass is 35.5. The lowest BCUT2D eigenvalue weighted by molar-refractivity contribution is -0.0646. The fourth-order valence-corrected chi connectivity index (χ4v) is 4.20. The summed E-state index contributed by atoms with van der Waals surface area (Å²) < 4.78 is 24.9. The molecule has 35 heavy (non-hydrogen) atoms. The predicted octanol–water partition coefficient (Wildman–Crippen LogP) is 3.57. The largest absolute Gasteiger partial charge is 0.493 e. The normalized spacial score (nSPS) is 18.7. The van der Waals surface area contributed by atoms with Crippen LogP contribution in [0.3, 0.4) is 0 Å². The van der Waals surface area contributed by atoms with Gasteiger partial charge < -0.3 is 24.1 Å². The highest BCUT2D eigenvalue weighted by molar-refractivity contribution is 6.30. The zero-order valence-corrected chi connectivity index (χ0v) is 20.9. The number of methoxy groups -OCH3 is 1. The molecule has 0 radical (unpaired) electrons. The van der Waals surface area contributed by atoms with Gasteiger partial charge in [-0.3, -0.25) is 9.58 Å². The van der Waals surface area contributed by atoms with E-state index < -0.39 is 5.60 Å². The smallest absolute Gasteiger partial charge is 0.161 e. The lowest BCUT2D eigenvalue weighted by Gasteiger charge is -2.30. The van der Waals surface area contributed by atoms with E-state index in [1.807, 2.05) is 54.3 Å². The van der Waals surface area contributed by atoms with E-state index in [9.17, 15) is 5.11 Å². The summed E-state index contributed by atoms with van der Waals surface area (Å²) in [4.78, 5) is 2.16. The van der Waals surface area contributed by atoms with Crippen LogP contribution in [0.5, 0.6) is 17.2 Å². The third-order valence-corrected chi connectivity index (χ3v) is 5.95. The Bertz CT molecular complexity index is 1110. The van der Waals surface area contributed by atoms with Gasteiger partial charge in [0.25, 0.3) is 0 Å². The SMILES string of the molecule is COc1ccc(CN2CCOC[C@](O)(COc3cccc(Cl)c3)C2)cc1OCCn1cc(C)cn1. The Labute approximate surface area is 210 Å². The van der Waals surface area contributed by atoms with E-state index in [4.69, 9.17) is 30.5 Å². The molecule has 1 aliphatic heterocycles. The first-order valence-corrected chi connectivity index (χ1v) is 12.0. The molecule has 3 aromatic rings. The second-order valence-electron chi connectivity index (χ2n) is 8.85. The minimum absolute atomic E-state index is 0.105. The molecule has 1 atom stereocenters. The lowest BCUT2D eigenvalue weighted by atomic mass is 10.1. The number of benzene rings is 2. The van der Waals surface area contributed by atoms with Crippen LogP contribution >= 0.6 is 11.6 Å². The summed E-state index contributed by atoms with van der Waals surface area (Å²) in [5.74, 6) is 1.97. The number of ether oxygens (including phenoxy) is 4. The highest BCUT2D eigenvalue weighted by Crippen LogP contribution is 2.29. The molecular formula is C26H32ClN3O5. The zero-order chi connectivity index (χ0) is 24.7. The van der Waals surface area contributed by atoms with Crippen molar-refractivity contribution in [3.63, 3.8) is 0 Å². The van der Waals surface area contributed by atoms with Gasteiger partial charge in [0.15, 0.2) is 11.5 Å². The van der Waals surface area contributed by atoms with Crippen molar-refractivity contribution in [1.82, 2.24) is 14.7 Å². The summed E-state index contributed by atoms with van der Waals surface area (Å²) in [6, 6.07) is 13.0. The van der Waals surface area contributed by atoms with E-state index in [1.54, 1.807) is 19.2 Å². The second kappa shape index (κ2) is 11.8. The Morgan fingerprint density at radius 2 is 2.06 bits per heavy atom. The number of hydrogen-bond acceptors (Lipinski definition) is 7. The maximum atomic E-state index is 11.2. The zero-order valence-electron chi connectivity index (χ0n) is 20.2. The average Bonchev–Trinajstić information content (AvgIpc) is 3.16. The van der Waals surface area contributed by atoms with Crippen LogP contribution in [0.2, 0.25) is 5.02 Å². The van der Waals surface area contributed by atoms with Crippen molar-refractivity contribution in [2.24, 2.45) is 0 Å². The molecule has 1 N–H and O–H groups in total. The molecular weight excluding hydrogens is 470 g/mol. The van der Waals surface area contributed by atoms with Gasteiger partial charge in [-0.05, 0) is 48.4 Å². The highest BCUT2D eigenvalue weighted by Gasteiger charge is 2.33. The number of β-amino-alcohol motifs (C(OH)–C–C–N with tert-alkyl or cyclic N) is 1. The van der Waals surface area contributed by atoms with Gasteiger partial charge in [-0.25, -0.2) is 0 Å². The van der Waals surface area contributed by atoms with Crippen LogP contribution in [0.25, 0.3) is 0 Å². The Balaban J connectivity index is 1.37. The number of aliphatic hydroxyl groups is 1. The number of nitrogens with zero attached hydrogens (tertiary/aromatic N) is 3. The van der Waals surface area contributed by atoms with Crippen LogP contribution in [-0.4, -0.2) is 72.0 Å². The fraction of sp³-hybridized carbons (Fsp3) is 0.423. The van der Waals surface area contributed by atoms with E-state index >= 15 is 0 Å². The summed E-state index contributed by atoms with van der Waals surface area (Å²) in [5, 5.41) is 16.1. The Kier molecular flexibility index (Phi) is 8.51. The van der Waals surface area contributed by atoms with Gasteiger partial charge in [0.05, 0.1) is 33.1 Å². The third-order valence-electron chi connectivity index (χ3n) is 5.72. The summed E-state index contributed by atoms with van der Waals surface area (Å²) in [6.45, 7) is 5.69. The number of aromatic nitrogens is 2. The van der Waals surface area contributed by atoms with Gasteiger partial charge in [-0.1, -0.05) is 23.7 Å². The average molecular weight is 502 g/mol. The molecule has 0 spiro atoms. The van der Waals surface area contributed by atoms with Gasteiger partial charge in [0.2, 0.25) is 0 Å². The molecule has 2 aromatic carbocycles. The van der Waals surface area contributed by atoms with Crippen molar-refractivity contribution in [3.8, 4) is 17.2 Å². The van der Waals surface area contributed by atoms with E-state index in [0.717, 1.165) is 11.1 Å². The van der Waals surface area contributed by atoms with Crippen LogP contribution < -0.4 is 14.2 Å². The predicted molar refractivity (Wildman–Crippen MR) is 133 cm³/mol. The Hall–Kier alpha value is -2.78. The first-order valence-electron chi connectivity index (χ1n) is 11.6. The molecule has 1 aromatic heterocycles. The molecule has 2 heterocycles. The van der Waals surface area contributed by atoms with Crippen molar-refractivity contribution >= 4 is 11.6 Å². The monoisotopic (exact) mass is 501 g/mol. The molecule has 0 amide bonds. The van der Waals surface area contributed by atoms with Crippen molar-refractivity contribution in [3.05, 3.63) is 71.0 Å². The third kappa shape index (κ3) is 7.35. The molecule has 9 heteroatoms. The second-order valence-corrected chi connectivity index (χ2v) is 9.28. The molecule has 1 aliphatic rings.